The van der Waals surface area contributed by atoms with Crippen molar-refractivity contribution in [1.29, 1.82) is 0 Å². The van der Waals surface area contributed by atoms with Crippen LogP contribution < -0.4 is 5.32 Å². The van der Waals surface area contributed by atoms with E-state index in [1.165, 1.54) is 6.07 Å². The molecule has 0 spiro atoms. The summed E-state index contributed by atoms with van der Waals surface area (Å²) in [6.07, 6.45) is 2.24. The molecule has 0 radical (unpaired) electrons. The zero-order valence-electron chi connectivity index (χ0n) is 9.86. The maximum absolute atomic E-state index is 13.1. The van der Waals surface area contributed by atoms with Crippen LogP contribution in [-0.4, -0.2) is 15.3 Å². The summed E-state index contributed by atoms with van der Waals surface area (Å²) in [5.74, 6) is -1.65. The molecule has 18 heavy (non-hydrogen) atoms. The highest BCUT2D eigenvalue weighted by Crippen LogP contribution is 2.18. The van der Waals surface area contributed by atoms with E-state index >= 15 is 0 Å². The molecule has 1 atom stereocenters. The summed E-state index contributed by atoms with van der Waals surface area (Å²) in [6.45, 7) is 2.75. The van der Waals surface area contributed by atoms with E-state index in [0.717, 1.165) is 35.6 Å². The van der Waals surface area contributed by atoms with Gasteiger partial charge in [0.2, 0.25) is 0 Å². The molecule has 1 aromatic heterocycles. The van der Waals surface area contributed by atoms with E-state index < -0.39 is 11.6 Å². The van der Waals surface area contributed by atoms with Gasteiger partial charge in [0, 0.05) is 0 Å². The first kappa shape index (κ1) is 13.0. The van der Waals surface area contributed by atoms with Crippen LogP contribution in [-0.2, 0) is 6.42 Å². The molecule has 0 aliphatic heterocycles. The van der Waals surface area contributed by atoms with Crippen molar-refractivity contribution in [3.63, 3.8) is 0 Å². The molecule has 0 fully saturated rings. The van der Waals surface area contributed by atoms with E-state index in [4.69, 9.17) is 0 Å². The van der Waals surface area contributed by atoms with Crippen molar-refractivity contribution in [3.8, 4) is 0 Å². The monoisotopic (exact) mass is 269 g/mol. The van der Waals surface area contributed by atoms with E-state index in [-0.39, 0.29) is 6.04 Å². The second kappa shape index (κ2) is 5.97. The number of nitrogens with one attached hydrogen (secondary N) is 1. The Balaban J connectivity index is 2.16. The van der Waals surface area contributed by atoms with Gasteiger partial charge in [-0.05, 0) is 30.7 Å². The first-order valence-electron chi connectivity index (χ1n) is 5.65. The van der Waals surface area contributed by atoms with Crippen LogP contribution in [0.25, 0.3) is 0 Å². The Bertz CT molecular complexity index is 502. The Morgan fingerprint density at radius 1 is 1.33 bits per heavy atom. The molecule has 6 heteroatoms. The fourth-order valence-electron chi connectivity index (χ4n) is 1.76. The molecule has 2 rings (SSSR count). The summed E-state index contributed by atoms with van der Waals surface area (Å²) < 4.78 is 34.1. The fourth-order valence-corrected chi connectivity index (χ4v) is 2.23. The highest BCUT2D eigenvalue weighted by atomic mass is 32.1. The molecular weight excluding hydrogens is 256 g/mol. The van der Waals surface area contributed by atoms with E-state index in [1.54, 1.807) is 12.3 Å². The van der Waals surface area contributed by atoms with Crippen LogP contribution in [0.4, 0.5) is 8.78 Å². The summed E-state index contributed by atoms with van der Waals surface area (Å²) in [4.78, 5) is 0. The van der Waals surface area contributed by atoms with Gasteiger partial charge >= 0.3 is 0 Å². The number of aromatic nitrogens is 2. The van der Waals surface area contributed by atoms with Crippen LogP contribution in [0.3, 0.4) is 0 Å². The van der Waals surface area contributed by atoms with Gasteiger partial charge in [-0.2, -0.15) is 8.75 Å². The van der Waals surface area contributed by atoms with Crippen LogP contribution in [0.15, 0.2) is 24.4 Å². The summed E-state index contributed by atoms with van der Waals surface area (Å²) in [5, 5.41) is 3.26. The molecule has 96 valence electrons. The molecule has 1 unspecified atom stereocenters. The zero-order valence-corrected chi connectivity index (χ0v) is 10.7. The van der Waals surface area contributed by atoms with E-state index in [9.17, 15) is 8.78 Å². The van der Waals surface area contributed by atoms with Gasteiger partial charge < -0.3 is 5.32 Å². The van der Waals surface area contributed by atoms with E-state index in [0.29, 0.717) is 6.42 Å². The first-order chi connectivity index (χ1) is 8.70. The molecule has 0 saturated heterocycles. The van der Waals surface area contributed by atoms with Gasteiger partial charge in [0.15, 0.2) is 11.6 Å². The maximum Gasteiger partial charge on any atom is 0.159 e. The third-order valence-corrected chi connectivity index (χ3v) is 3.10. The van der Waals surface area contributed by atoms with Gasteiger partial charge in [-0.25, -0.2) is 8.78 Å². The SMILES string of the molecule is CCNC(Cc1ccc(F)c(F)c1)c1cnsn1. The van der Waals surface area contributed by atoms with Crippen molar-refractivity contribution in [3.05, 3.63) is 47.3 Å². The average Bonchev–Trinajstić information content (AvgIpc) is 2.87. The summed E-state index contributed by atoms with van der Waals surface area (Å²) in [6, 6.07) is 3.92. The summed E-state index contributed by atoms with van der Waals surface area (Å²) in [5.41, 5.74) is 1.56. The number of hydrogen-bond acceptors (Lipinski definition) is 4. The normalized spacial score (nSPS) is 12.6. The second-order valence-corrected chi connectivity index (χ2v) is 4.45. The van der Waals surface area contributed by atoms with E-state index in [2.05, 4.69) is 14.1 Å². The standard InChI is InChI=1S/C12H13F2N3S/c1-2-15-11(12-7-16-18-17-12)6-8-3-4-9(13)10(14)5-8/h3-5,7,11,15H,2,6H2,1H3. The van der Waals surface area contributed by atoms with Gasteiger partial charge in [-0.15, -0.1) is 0 Å². The van der Waals surface area contributed by atoms with Gasteiger partial charge in [0.05, 0.1) is 29.7 Å². The molecule has 0 aliphatic rings. The lowest BCUT2D eigenvalue weighted by molar-refractivity contribution is 0.501. The number of halogens is 2. The number of benzene rings is 1. The van der Waals surface area contributed by atoms with Gasteiger partial charge in [-0.3, -0.25) is 0 Å². The third kappa shape index (κ3) is 3.08. The smallest absolute Gasteiger partial charge is 0.159 e. The minimum absolute atomic E-state index is 0.0291. The van der Waals surface area contributed by atoms with Crippen LogP contribution in [0.2, 0.25) is 0 Å². The minimum atomic E-state index is -0.825. The van der Waals surface area contributed by atoms with Crippen LogP contribution in [0.5, 0.6) is 0 Å². The molecule has 0 amide bonds. The number of likely N-dealkylation sites (N-methyl/N-ethyl adjacent to an activating group) is 1. The molecule has 1 aromatic carbocycles. The molecule has 2 aromatic rings. The van der Waals surface area contributed by atoms with Crippen molar-refractivity contribution in [1.82, 2.24) is 14.1 Å². The lowest BCUT2D eigenvalue weighted by atomic mass is 10.0. The predicted octanol–water partition coefficient (Wildman–Crippen LogP) is 2.71. The largest absolute Gasteiger partial charge is 0.309 e. The van der Waals surface area contributed by atoms with Crippen LogP contribution >= 0.6 is 11.7 Å². The Labute approximate surface area is 108 Å². The lowest BCUT2D eigenvalue weighted by Crippen LogP contribution is -2.23. The number of rotatable bonds is 5. The second-order valence-electron chi connectivity index (χ2n) is 3.90. The number of nitrogens with zero attached hydrogens (tertiary/aromatic N) is 2. The number of hydrogen-bond donors (Lipinski definition) is 1. The summed E-state index contributed by atoms with van der Waals surface area (Å²) in [7, 11) is 0. The fraction of sp³-hybridized carbons (Fsp3) is 0.333. The highest BCUT2D eigenvalue weighted by molar-refractivity contribution is 6.99. The average molecular weight is 269 g/mol. The quantitative estimate of drug-likeness (QED) is 0.907. The maximum atomic E-state index is 13.1. The topological polar surface area (TPSA) is 37.8 Å². The first-order valence-corrected chi connectivity index (χ1v) is 6.38. The molecular formula is C12H13F2N3S. The zero-order chi connectivity index (χ0) is 13.0. The third-order valence-electron chi connectivity index (χ3n) is 2.61. The molecule has 0 aliphatic carbocycles. The molecule has 1 heterocycles. The van der Waals surface area contributed by atoms with Crippen LogP contribution in [0.1, 0.15) is 24.2 Å². The van der Waals surface area contributed by atoms with Gasteiger partial charge in [-0.1, -0.05) is 13.0 Å². The van der Waals surface area contributed by atoms with E-state index in [1.807, 2.05) is 6.92 Å². The Morgan fingerprint density at radius 2 is 2.17 bits per heavy atom. The Morgan fingerprint density at radius 3 is 2.78 bits per heavy atom. The lowest BCUT2D eigenvalue weighted by Gasteiger charge is -2.15. The molecule has 0 bridgehead atoms. The molecule has 1 N–H and O–H groups in total. The molecule has 0 saturated carbocycles. The molecule has 3 nitrogen and oxygen atoms in total. The Hall–Kier alpha value is -1.40. The van der Waals surface area contributed by atoms with Crippen molar-refractivity contribution in [2.24, 2.45) is 0 Å². The van der Waals surface area contributed by atoms with Gasteiger partial charge in [0.1, 0.15) is 0 Å². The highest BCUT2D eigenvalue weighted by Gasteiger charge is 2.14. The van der Waals surface area contributed by atoms with Crippen molar-refractivity contribution < 1.29 is 8.78 Å². The Kier molecular flexibility index (Phi) is 4.33. The summed E-state index contributed by atoms with van der Waals surface area (Å²) >= 11 is 1.14. The van der Waals surface area contributed by atoms with Crippen molar-refractivity contribution in [2.75, 3.05) is 6.54 Å². The predicted molar refractivity (Wildman–Crippen MR) is 66.4 cm³/mol. The van der Waals surface area contributed by atoms with Crippen LogP contribution in [0, 0.1) is 11.6 Å². The minimum Gasteiger partial charge on any atom is -0.309 e. The van der Waals surface area contributed by atoms with Gasteiger partial charge in [0.25, 0.3) is 0 Å². The van der Waals surface area contributed by atoms with Crippen molar-refractivity contribution in [2.45, 2.75) is 19.4 Å². The van der Waals surface area contributed by atoms with Crippen molar-refractivity contribution >= 4 is 11.7 Å².